The van der Waals surface area contributed by atoms with Crippen LogP contribution >= 0.6 is 0 Å². The predicted molar refractivity (Wildman–Crippen MR) is 81.2 cm³/mol. The standard InChI is InChI=1S/C16H20N2O3/c1-3-6-14(16(20)21)18-15(19)9-12-10(2)17-13-8-5-4-7-11(12)13/h4-5,7-8,14,17H,3,6,9H2,1-2H3,(H,18,19)(H,20,21)/t14-/m0/s1. The van der Waals surface area contributed by atoms with E-state index in [0.29, 0.717) is 12.8 Å². The number of amides is 1. The quantitative estimate of drug-likeness (QED) is 0.763. The average Bonchev–Trinajstić information content (AvgIpc) is 2.75. The lowest BCUT2D eigenvalue weighted by Gasteiger charge is -2.13. The molecule has 1 amide bonds. The van der Waals surface area contributed by atoms with E-state index in [0.717, 1.165) is 22.2 Å². The molecule has 0 aliphatic rings. The summed E-state index contributed by atoms with van der Waals surface area (Å²) in [6.45, 7) is 3.81. The second-order valence-corrected chi connectivity index (χ2v) is 5.20. The van der Waals surface area contributed by atoms with Crippen molar-refractivity contribution in [3.05, 3.63) is 35.5 Å². The van der Waals surface area contributed by atoms with E-state index in [-0.39, 0.29) is 12.3 Å². The highest BCUT2D eigenvalue weighted by atomic mass is 16.4. The number of aromatic amines is 1. The van der Waals surface area contributed by atoms with Crippen LogP contribution in [0.25, 0.3) is 10.9 Å². The molecule has 1 aromatic heterocycles. The molecule has 3 N–H and O–H groups in total. The van der Waals surface area contributed by atoms with Crippen LogP contribution in [0, 0.1) is 6.92 Å². The Bertz CT molecular complexity index is 661. The van der Waals surface area contributed by atoms with E-state index < -0.39 is 12.0 Å². The minimum absolute atomic E-state index is 0.184. The van der Waals surface area contributed by atoms with E-state index in [2.05, 4.69) is 10.3 Å². The molecule has 0 bridgehead atoms. The van der Waals surface area contributed by atoms with Crippen molar-refractivity contribution in [2.24, 2.45) is 0 Å². The Labute approximate surface area is 123 Å². The first kappa shape index (κ1) is 15.1. The summed E-state index contributed by atoms with van der Waals surface area (Å²) in [6.07, 6.45) is 1.33. The first-order valence-electron chi connectivity index (χ1n) is 7.11. The average molecular weight is 288 g/mol. The minimum Gasteiger partial charge on any atom is -0.480 e. The van der Waals surface area contributed by atoms with Gasteiger partial charge >= 0.3 is 5.97 Å². The zero-order chi connectivity index (χ0) is 15.4. The lowest BCUT2D eigenvalue weighted by molar-refractivity contribution is -0.141. The molecule has 1 atom stereocenters. The maximum absolute atomic E-state index is 12.1. The Morgan fingerprint density at radius 1 is 1.33 bits per heavy atom. The van der Waals surface area contributed by atoms with Crippen LogP contribution in [0.3, 0.4) is 0 Å². The van der Waals surface area contributed by atoms with Gasteiger partial charge in [-0.2, -0.15) is 0 Å². The Hall–Kier alpha value is -2.30. The number of aliphatic carboxylic acids is 1. The molecule has 0 saturated heterocycles. The number of para-hydroxylation sites is 1. The molecular formula is C16H20N2O3. The molecular weight excluding hydrogens is 268 g/mol. The molecule has 0 fully saturated rings. The third-order valence-electron chi connectivity index (χ3n) is 3.58. The molecule has 1 aromatic carbocycles. The number of aromatic nitrogens is 1. The number of hydrogen-bond donors (Lipinski definition) is 3. The van der Waals surface area contributed by atoms with Crippen molar-refractivity contribution in [2.45, 2.75) is 39.2 Å². The first-order chi connectivity index (χ1) is 10.0. The van der Waals surface area contributed by atoms with Crippen LogP contribution < -0.4 is 5.32 Å². The molecule has 112 valence electrons. The van der Waals surface area contributed by atoms with Gasteiger partial charge in [-0.05, 0) is 25.0 Å². The monoisotopic (exact) mass is 288 g/mol. The topological polar surface area (TPSA) is 82.2 Å². The van der Waals surface area contributed by atoms with Crippen molar-refractivity contribution in [1.29, 1.82) is 0 Å². The summed E-state index contributed by atoms with van der Waals surface area (Å²) in [5, 5.41) is 12.7. The summed E-state index contributed by atoms with van der Waals surface area (Å²) in [5.74, 6) is -1.25. The van der Waals surface area contributed by atoms with E-state index in [9.17, 15) is 9.59 Å². The molecule has 21 heavy (non-hydrogen) atoms. The number of fused-ring (bicyclic) bond motifs is 1. The number of rotatable bonds is 6. The van der Waals surface area contributed by atoms with Crippen molar-refractivity contribution in [3.63, 3.8) is 0 Å². The van der Waals surface area contributed by atoms with Crippen LogP contribution in [0.5, 0.6) is 0 Å². The number of carboxylic acids is 1. The number of aryl methyl sites for hydroxylation is 1. The first-order valence-corrected chi connectivity index (χ1v) is 7.11. The van der Waals surface area contributed by atoms with E-state index in [4.69, 9.17) is 5.11 Å². The Kier molecular flexibility index (Phi) is 4.62. The van der Waals surface area contributed by atoms with Gasteiger partial charge in [0.25, 0.3) is 0 Å². The van der Waals surface area contributed by atoms with Gasteiger partial charge in [0.2, 0.25) is 5.91 Å². The molecule has 0 radical (unpaired) electrons. The van der Waals surface area contributed by atoms with Crippen molar-refractivity contribution in [2.75, 3.05) is 0 Å². The van der Waals surface area contributed by atoms with Crippen molar-refractivity contribution < 1.29 is 14.7 Å². The van der Waals surface area contributed by atoms with Gasteiger partial charge in [-0.15, -0.1) is 0 Å². The van der Waals surface area contributed by atoms with Gasteiger partial charge in [0.15, 0.2) is 0 Å². The molecule has 0 spiro atoms. The third kappa shape index (κ3) is 3.42. The summed E-state index contributed by atoms with van der Waals surface area (Å²) < 4.78 is 0. The second-order valence-electron chi connectivity index (χ2n) is 5.20. The number of carbonyl (C=O) groups is 2. The summed E-state index contributed by atoms with van der Waals surface area (Å²) in [4.78, 5) is 26.4. The molecule has 5 heteroatoms. The lowest BCUT2D eigenvalue weighted by Crippen LogP contribution is -2.41. The van der Waals surface area contributed by atoms with E-state index in [1.54, 1.807) is 0 Å². The molecule has 0 aliphatic carbocycles. The van der Waals surface area contributed by atoms with Gasteiger partial charge in [-0.3, -0.25) is 4.79 Å². The molecule has 5 nitrogen and oxygen atoms in total. The summed E-state index contributed by atoms with van der Waals surface area (Å²) in [5.41, 5.74) is 2.85. The molecule has 0 unspecified atom stereocenters. The van der Waals surface area contributed by atoms with E-state index in [1.165, 1.54) is 0 Å². The SMILES string of the molecule is CCC[C@H](NC(=O)Cc1c(C)[nH]c2ccccc12)C(=O)O. The molecule has 0 aliphatic heterocycles. The number of benzene rings is 1. The maximum Gasteiger partial charge on any atom is 0.326 e. The van der Waals surface area contributed by atoms with Gasteiger partial charge in [0, 0.05) is 16.6 Å². The lowest BCUT2D eigenvalue weighted by atomic mass is 10.1. The Morgan fingerprint density at radius 3 is 2.71 bits per heavy atom. The van der Waals surface area contributed by atoms with E-state index in [1.807, 2.05) is 38.1 Å². The van der Waals surface area contributed by atoms with Gasteiger partial charge in [-0.25, -0.2) is 4.79 Å². The smallest absolute Gasteiger partial charge is 0.326 e. The fraction of sp³-hybridized carbons (Fsp3) is 0.375. The van der Waals surface area contributed by atoms with Crippen LogP contribution in [-0.2, 0) is 16.0 Å². The molecule has 0 saturated carbocycles. The molecule has 2 rings (SSSR count). The van der Waals surface area contributed by atoms with Gasteiger partial charge < -0.3 is 15.4 Å². The van der Waals surface area contributed by atoms with Crippen molar-refractivity contribution >= 4 is 22.8 Å². The number of hydrogen-bond acceptors (Lipinski definition) is 2. The Morgan fingerprint density at radius 2 is 2.05 bits per heavy atom. The zero-order valence-corrected chi connectivity index (χ0v) is 12.3. The van der Waals surface area contributed by atoms with Crippen molar-refractivity contribution in [3.8, 4) is 0 Å². The highest BCUT2D eigenvalue weighted by molar-refractivity contribution is 5.91. The molecule has 2 aromatic rings. The van der Waals surface area contributed by atoms with Gasteiger partial charge in [0.1, 0.15) is 6.04 Å². The highest BCUT2D eigenvalue weighted by Gasteiger charge is 2.20. The predicted octanol–water partition coefficient (Wildman–Crippen LogP) is 2.39. The Balaban J connectivity index is 2.14. The van der Waals surface area contributed by atoms with Crippen LogP contribution in [0.15, 0.2) is 24.3 Å². The van der Waals surface area contributed by atoms with Gasteiger partial charge in [0.05, 0.1) is 6.42 Å². The van der Waals surface area contributed by atoms with Crippen molar-refractivity contribution in [1.82, 2.24) is 10.3 Å². The number of carboxylic acid groups (broad SMARTS) is 1. The number of carbonyl (C=O) groups excluding carboxylic acids is 1. The second kappa shape index (κ2) is 6.43. The van der Waals surface area contributed by atoms with Crippen LogP contribution in [0.1, 0.15) is 31.0 Å². The minimum atomic E-state index is -0.985. The third-order valence-corrected chi connectivity index (χ3v) is 3.58. The highest BCUT2D eigenvalue weighted by Crippen LogP contribution is 2.22. The number of H-pyrrole nitrogens is 1. The summed E-state index contributed by atoms with van der Waals surface area (Å²) >= 11 is 0. The molecule has 1 heterocycles. The fourth-order valence-corrected chi connectivity index (χ4v) is 2.51. The van der Waals surface area contributed by atoms with E-state index >= 15 is 0 Å². The fourth-order valence-electron chi connectivity index (χ4n) is 2.51. The maximum atomic E-state index is 12.1. The van der Waals surface area contributed by atoms with Crippen LogP contribution in [-0.4, -0.2) is 28.0 Å². The van der Waals surface area contributed by atoms with Crippen LogP contribution in [0.4, 0.5) is 0 Å². The zero-order valence-electron chi connectivity index (χ0n) is 12.3. The number of nitrogens with one attached hydrogen (secondary N) is 2. The van der Waals surface area contributed by atoms with Crippen LogP contribution in [0.2, 0.25) is 0 Å². The summed E-state index contributed by atoms with van der Waals surface area (Å²) in [7, 11) is 0. The summed E-state index contributed by atoms with van der Waals surface area (Å²) in [6, 6.07) is 6.97. The normalized spacial score (nSPS) is 12.3. The largest absolute Gasteiger partial charge is 0.480 e. The van der Waals surface area contributed by atoms with Gasteiger partial charge in [-0.1, -0.05) is 31.5 Å².